The fourth-order valence-corrected chi connectivity index (χ4v) is 5.37. The molecule has 2 saturated carbocycles. The van der Waals surface area contributed by atoms with Crippen molar-refractivity contribution in [2.24, 2.45) is 11.8 Å². The van der Waals surface area contributed by atoms with Crippen molar-refractivity contribution < 1.29 is 4.42 Å². The van der Waals surface area contributed by atoms with Gasteiger partial charge in [0.25, 0.3) is 0 Å². The zero-order valence-electron chi connectivity index (χ0n) is 16.8. The quantitative estimate of drug-likeness (QED) is 0.433. The molecule has 1 heteroatoms. The van der Waals surface area contributed by atoms with Crippen LogP contribution in [0.4, 0.5) is 0 Å². The summed E-state index contributed by atoms with van der Waals surface area (Å²) in [7, 11) is 0. The Labute approximate surface area is 156 Å². The van der Waals surface area contributed by atoms with Gasteiger partial charge in [0.05, 0.1) is 0 Å². The average Bonchev–Trinajstić information content (AvgIpc) is 3.14. The highest BCUT2D eigenvalue weighted by Gasteiger charge is 2.27. The molecule has 2 aliphatic carbocycles. The third kappa shape index (κ3) is 5.38. The molecule has 0 spiro atoms. The standard InChI is InChI=1S/C24H40O/c1-3-5-6-8-20-11-15-22(16-12-20)24-18-17-23(25-24)21-13-9-19(7-4-2)10-14-21/h17-22H,3-16H2,1-2H3/t19-,20-,21-,22-. The monoisotopic (exact) mass is 344 g/mol. The number of unbranched alkanes of at least 4 members (excludes halogenated alkanes) is 2. The summed E-state index contributed by atoms with van der Waals surface area (Å²) in [4.78, 5) is 0. The zero-order chi connectivity index (χ0) is 17.5. The van der Waals surface area contributed by atoms with Crippen LogP contribution in [0.2, 0.25) is 0 Å². The Bertz CT molecular complexity index is 472. The molecule has 1 nitrogen and oxygen atoms in total. The second kappa shape index (κ2) is 9.83. The molecule has 2 aliphatic rings. The van der Waals surface area contributed by atoms with Crippen molar-refractivity contribution >= 4 is 0 Å². The van der Waals surface area contributed by atoms with Gasteiger partial charge in [-0.05, 0) is 75.3 Å². The first-order valence-corrected chi connectivity index (χ1v) is 11.4. The normalized spacial score (nSPS) is 30.5. The van der Waals surface area contributed by atoms with Crippen molar-refractivity contribution in [2.45, 2.75) is 116 Å². The lowest BCUT2D eigenvalue weighted by atomic mass is 9.79. The largest absolute Gasteiger partial charge is 0.466 e. The van der Waals surface area contributed by atoms with Crippen LogP contribution < -0.4 is 0 Å². The molecule has 1 aromatic rings. The first kappa shape index (κ1) is 19.1. The summed E-state index contributed by atoms with van der Waals surface area (Å²) < 4.78 is 6.39. The van der Waals surface area contributed by atoms with Crippen molar-refractivity contribution in [3.8, 4) is 0 Å². The van der Waals surface area contributed by atoms with E-state index in [4.69, 9.17) is 4.42 Å². The Morgan fingerprint density at radius 3 is 1.68 bits per heavy atom. The van der Waals surface area contributed by atoms with Gasteiger partial charge in [0.1, 0.15) is 11.5 Å². The summed E-state index contributed by atoms with van der Waals surface area (Å²) in [5, 5.41) is 0. The SMILES string of the molecule is CCCCC[C@H]1CC[C@H](c2ccc([C@H]3CC[C@H](CCC)CC3)o2)CC1. The minimum atomic E-state index is 0.701. The van der Waals surface area contributed by atoms with Crippen molar-refractivity contribution in [1.29, 1.82) is 0 Å². The molecule has 0 aromatic carbocycles. The van der Waals surface area contributed by atoms with E-state index in [1.165, 1.54) is 101 Å². The van der Waals surface area contributed by atoms with E-state index >= 15 is 0 Å². The van der Waals surface area contributed by atoms with Crippen LogP contribution >= 0.6 is 0 Å². The van der Waals surface area contributed by atoms with E-state index in [1.807, 2.05) is 0 Å². The van der Waals surface area contributed by atoms with Gasteiger partial charge in [0.2, 0.25) is 0 Å². The Balaban J connectivity index is 1.45. The fraction of sp³-hybridized carbons (Fsp3) is 0.833. The van der Waals surface area contributed by atoms with Gasteiger partial charge in [-0.1, -0.05) is 52.4 Å². The van der Waals surface area contributed by atoms with Crippen LogP contribution in [0.3, 0.4) is 0 Å². The van der Waals surface area contributed by atoms with Crippen LogP contribution in [0.25, 0.3) is 0 Å². The third-order valence-corrected chi connectivity index (χ3v) is 7.06. The molecule has 1 heterocycles. The van der Waals surface area contributed by atoms with Gasteiger partial charge in [-0.25, -0.2) is 0 Å². The maximum Gasteiger partial charge on any atom is 0.107 e. The molecule has 3 rings (SSSR count). The van der Waals surface area contributed by atoms with E-state index in [2.05, 4.69) is 26.0 Å². The van der Waals surface area contributed by atoms with Crippen molar-refractivity contribution in [3.63, 3.8) is 0 Å². The van der Waals surface area contributed by atoms with Crippen molar-refractivity contribution in [2.75, 3.05) is 0 Å². The highest BCUT2D eigenvalue weighted by Crippen LogP contribution is 2.42. The van der Waals surface area contributed by atoms with E-state index < -0.39 is 0 Å². The molecule has 142 valence electrons. The van der Waals surface area contributed by atoms with Gasteiger partial charge in [-0.3, -0.25) is 0 Å². The maximum atomic E-state index is 6.39. The molecule has 0 unspecified atom stereocenters. The summed E-state index contributed by atoms with van der Waals surface area (Å²) in [6.07, 6.45) is 19.5. The third-order valence-electron chi connectivity index (χ3n) is 7.06. The van der Waals surface area contributed by atoms with Crippen LogP contribution in [0.15, 0.2) is 16.5 Å². The Hall–Kier alpha value is -0.720. The molecule has 2 fully saturated rings. The molecule has 25 heavy (non-hydrogen) atoms. The van der Waals surface area contributed by atoms with E-state index in [0.717, 1.165) is 11.8 Å². The van der Waals surface area contributed by atoms with Crippen LogP contribution in [0.1, 0.15) is 127 Å². The van der Waals surface area contributed by atoms with Gasteiger partial charge in [0.15, 0.2) is 0 Å². The van der Waals surface area contributed by atoms with E-state index in [1.54, 1.807) is 0 Å². The Morgan fingerprint density at radius 1 is 0.680 bits per heavy atom. The summed E-state index contributed by atoms with van der Waals surface area (Å²) in [6, 6.07) is 4.63. The smallest absolute Gasteiger partial charge is 0.107 e. The molecule has 1 aromatic heterocycles. The van der Waals surface area contributed by atoms with Crippen molar-refractivity contribution in [3.05, 3.63) is 23.7 Å². The minimum Gasteiger partial charge on any atom is -0.466 e. The van der Waals surface area contributed by atoms with Crippen molar-refractivity contribution in [1.82, 2.24) is 0 Å². The number of rotatable bonds is 8. The van der Waals surface area contributed by atoms with E-state index in [0.29, 0.717) is 11.8 Å². The second-order valence-corrected chi connectivity index (χ2v) is 8.96. The molecule has 0 saturated heterocycles. The lowest BCUT2D eigenvalue weighted by Gasteiger charge is -2.28. The summed E-state index contributed by atoms with van der Waals surface area (Å²) in [6.45, 7) is 4.63. The maximum absolute atomic E-state index is 6.39. The minimum absolute atomic E-state index is 0.701. The van der Waals surface area contributed by atoms with Gasteiger partial charge >= 0.3 is 0 Å². The van der Waals surface area contributed by atoms with Crippen LogP contribution in [-0.2, 0) is 0 Å². The summed E-state index contributed by atoms with van der Waals surface area (Å²) in [5.74, 6) is 5.98. The summed E-state index contributed by atoms with van der Waals surface area (Å²) in [5.41, 5.74) is 0. The molecule has 0 N–H and O–H groups in total. The predicted molar refractivity (Wildman–Crippen MR) is 107 cm³/mol. The van der Waals surface area contributed by atoms with Crippen LogP contribution in [0, 0.1) is 11.8 Å². The Morgan fingerprint density at radius 2 is 1.20 bits per heavy atom. The van der Waals surface area contributed by atoms with Gasteiger partial charge < -0.3 is 4.42 Å². The number of furan rings is 1. The van der Waals surface area contributed by atoms with Crippen LogP contribution in [0.5, 0.6) is 0 Å². The molecule has 0 atom stereocenters. The molecule has 0 bridgehead atoms. The first-order chi connectivity index (χ1) is 12.3. The first-order valence-electron chi connectivity index (χ1n) is 11.4. The fourth-order valence-electron chi connectivity index (χ4n) is 5.37. The predicted octanol–water partition coefficient (Wildman–Crippen LogP) is 8.21. The van der Waals surface area contributed by atoms with Gasteiger partial charge in [0, 0.05) is 11.8 Å². The molecular formula is C24H40O. The molecule has 0 amide bonds. The topological polar surface area (TPSA) is 13.1 Å². The zero-order valence-corrected chi connectivity index (χ0v) is 16.8. The van der Waals surface area contributed by atoms with Gasteiger partial charge in [-0.15, -0.1) is 0 Å². The summed E-state index contributed by atoms with van der Waals surface area (Å²) >= 11 is 0. The molecular weight excluding hydrogens is 304 g/mol. The van der Waals surface area contributed by atoms with E-state index in [-0.39, 0.29) is 0 Å². The Kier molecular flexibility index (Phi) is 7.49. The molecule has 0 radical (unpaired) electrons. The second-order valence-electron chi connectivity index (χ2n) is 8.96. The average molecular weight is 345 g/mol. The molecule has 0 aliphatic heterocycles. The van der Waals surface area contributed by atoms with Crippen LogP contribution in [-0.4, -0.2) is 0 Å². The highest BCUT2D eigenvalue weighted by molar-refractivity contribution is 5.15. The highest BCUT2D eigenvalue weighted by atomic mass is 16.3. The number of hydrogen-bond donors (Lipinski definition) is 0. The van der Waals surface area contributed by atoms with Gasteiger partial charge in [-0.2, -0.15) is 0 Å². The lowest BCUT2D eigenvalue weighted by molar-refractivity contribution is 0.259. The number of hydrogen-bond acceptors (Lipinski definition) is 1. The lowest BCUT2D eigenvalue weighted by Crippen LogP contribution is -2.13. The van der Waals surface area contributed by atoms with E-state index in [9.17, 15) is 0 Å².